The van der Waals surface area contributed by atoms with E-state index in [1.165, 1.54) is 18.6 Å². The fourth-order valence-electron chi connectivity index (χ4n) is 3.80. The van der Waals surface area contributed by atoms with Crippen molar-refractivity contribution in [3.8, 4) is 6.07 Å². The molecule has 0 saturated carbocycles. The van der Waals surface area contributed by atoms with Gasteiger partial charge in [0.1, 0.15) is 5.69 Å². The molecule has 10 nitrogen and oxygen atoms in total. The van der Waals surface area contributed by atoms with Crippen molar-refractivity contribution >= 4 is 56.0 Å². The third kappa shape index (κ3) is 4.60. The van der Waals surface area contributed by atoms with Crippen LogP contribution in [-0.4, -0.2) is 52.3 Å². The van der Waals surface area contributed by atoms with Gasteiger partial charge in [0.05, 0.1) is 28.2 Å². The zero-order valence-electron chi connectivity index (χ0n) is 17.4. The molecule has 0 aliphatic carbocycles. The number of hydrogen-bond donors (Lipinski definition) is 2. The van der Waals surface area contributed by atoms with Gasteiger partial charge in [-0.25, -0.2) is 4.98 Å². The molecule has 172 valence electrons. The summed E-state index contributed by atoms with van der Waals surface area (Å²) in [4.78, 5) is 20.7. The average molecular weight is 508 g/mol. The number of aryl methyl sites for hydroxylation is 1. The predicted octanol–water partition coefficient (Wildman–Crippen LogP) is 2.58. The Labute approximate surface area is 200 Å². The first-order valence-electron chi connectivity index (χ1n) is 9.89. The minimum Gasteiger partial charge on any atom is -0.347 e. The Morgan fingerprint density at radius 3 is 2.79 bits per heavy atom. The number of rotatable bonds is 5. The quantitative estimate of drug-likeness (QED) is 0.545. The van der Waals surface area contributed by atoms with Crippen LogP contribution in [0.15, 0.2) is 36.8 Å². The molecule has 2 aromatic heterocycles. The molecule has 33 heavy (non-hydrogen) atoms. The van der Waals surface area contributed by atoms with E-state index in [9.17, 15) is 18.5 Å². The molecular weight excluding hydrogens is 489 g/mol. The zero-order valence-corrected chi connectivity index (χ0v) is 19.7. The van der Waals surface area contributed by atoms with Crippen molar-refractivity contribution in [3.63, 3.8) is 0 Å². The monoisotopic (exact) mass is 507 g/mol. The Kier molecular flexibility index (Phi) is 6.45. The molecule has 1 aromatic carbocycles. The summed E-state index contributed by atoms with van der Waals surface area (Å²) in [5.41, 5.74) is 1.09. The van der Waals surface area contributed by atoms with Crippen LogP contribution in [-0.2, 0) is 17.3 Å². The molecule has 2 atom stereocenters. The first-order valence-corrected chi connectivity index (χ1v) is 12.1. The second-order valence-corrected chi connectivity index (χ2v) is 10.00. The van der Waals surface area contributed by atoms with Crippen molar-refractivity contribution in [2.45, 2.75) is 12.5 Å². The molecule has 4 rings (SSSR count). The normalized spacial score (nSPS) is 19.2. The number of nitriles is 1. The van der Waals surface area contributed by atoms with Crippen LogP contribution in [0.1, 0.15) is 16.9 Å². The number of nitrogens with one attached hydrogen (secondary N) is 2. The molecule has 0 unspecified atom stereocenters. The van der Waals surface area contributed by atoms with Crippen LogP contribution in [0.4, 0.5) is 5.82 Å². The number of hydrogen-bond acceptors (Lipinski definition) is 6. The molecule has 0 radical (unpaired) electrons. The third-order valence-corrected chi connectivity index (χ3v) is 7.84. The number of anilines is 1. The van der Waals surface area contributed by atoms with Gasteiger partial charge in [-0.3, -0.25) is 14.5 Å². The van der Waals surface area contributed by atoms with Crippen molar-refractivity contribution in [2.24, 2.45) is 13.0 Å². The number of amides is 1. The Bertz CT molecular complexity index is 1360. The van der Waals surface area contributed by atoms with Gasteiger partial charge in [-0.1, -0.05) is 23.2 Å². The molecule has 0 bridgehead atoms. The maximum absolute atomic E-state index is 13.0. The van der Waals surface area contributed by atoms with E-state index in [4.69, 9.17) is 23.2 Å². The van der Waals surface area contributed by atoms with Crippen LogP contribution in [0.2, 0.25) is 10.0 Å². The Balaban J connectivity index is 1.48. The lowest BCUT2D eigenvalue weighted by Crippen LogP contribution is -2.53. The summed E-state index contributed by atoms with van der Waals surface area (Å²) in [6.07, 6.45) is 4.35. The van der Waals surface area contributed by atoms with E-state index in [0.717, 1.165) is 9.82 Å². The third-order valence-electron chi connectivity index (χ3n) is 5.54. The smallest absolute Gasteiger partial charge is 0.302 e. The van der Waals surface area contributed by atoms with Crippen molar-refractivity contribution in [2.75, 3.05) is 17.8 Å². The molecule has 13 heteroatoms. The van der Waals surface area contributed by atoms with Crippen LogP contribution >= 0.6 is 23.2 Å². The van der Waals surface area contributed by atoms with Gasteiger partial charge in [0.25, 0.3) is 5.91 Å². The molecule has 1 aliphatic rings. The van der Waals surface area contributed by atoms with Crippen LogP contribution in [0, 0.1) is 17.2 Å². The lowest BCUT2D eigenvalue weighted by molar-refractivity contribution is 0.0903. The van der Waals surface area contributed by atoms with Gasteiger partial charge in [-0.05, 0) is 24.6 Å². The number of nitrogens with zero attached hydrogens (tertiary/aromatic N) is 5. The van der Waals surface area contributed by atoms with E-state index in [1.54, 1.807) is 29.8 Å². The largest absolute Gasteiger partial charge is 0.347 e. The van der Waals surface area contributed by atoms with Gasteiger partial charge in [0.2, 0.25) is 0 Å². The van der Waals surface area contributed by atoms with E-state index in [-0.39, 0.29) is 31.2 Å². The number of fused-ring (bicyclic) bond motifs is 1. The maximum atomic E-state index is 13.0. The molecule has 3 heterocycles. The Morgan fingerprint density at radius 2 is 2.09 bits per heavy atom. The van der Waals surface area contributed by atoms with Gasteiger partial charge in [0.15, 0.2) is 5.82 Å². The SMILES string of the molecule is Cn1c(C(=O)N[C@@H]2CCN(S(=O)(=O)Nc3cnccn3)C[C@@H]2C#N)cc2c(Cl)c(Cl)ccc21. The first kappa shape index (κ1) is 23.3. The fraction of sp³-hybridized carbons (Fsp3) is 0.300. The number of halogens is 2. The van der Waals surface area contributed by atoms with Crippen LogP contribution in [0.3, 0.4) is 0 Å². The molecule has 1 saturated heterocycles. The lowest BCUT2D eigenvalue weighted by Gasteiger charge is -2.34. The maximum Gasteiger partial charge on any atom is 0.302 e. The van der Waals surface area contributed by atoms with E-state index in [0.29, 0.717) is 21.1 Å². The van der Waals surface area contributed by atoms with E-state index in [1.807, 2.05) is 0 Å². The predicted molar refractivity (Wildman–Crippen MR) is 124 cm³/mol. The summed E-state index contributed by atoms with van der Waals surface area (Å²) in [5.74, 6) is -1.05. The van der Waals surface area contributed by atoms with Gasteiger partial charge in [-0.15, -0.1) is 0 Å². The van der Waals surface area contributed by atoms with E-state index >= 15 is 0 Å². The van der Waals surface area contributed by atoms with Gasteiger partial charge in [-0.2, -0.15) is 18.0 Å². The lowest BCUT2D eigenvalue weighted by atomic mass is 9.94. The topological polar surface area (TPSA) is 133 Å². The summed E-state index contributed by atoms with van der Waals surface area (Å²) < 4.78 is 30.6. The van der Waals surface area contributed by atoms with Crippen LogP contribution in [0.5, 0.6) is 0 Å². The second kappa shape index (κ2) is 9.15. The highest BCUT2D eigenvalue weighted by Gasteiger charge is 2.36. The van der Waals surface area contributed by atoms with Crippen molar-refractivity contribution in [3.05, 3.63) is 52.5 Å². The van der Waals surface area contributed by atoms with E-state index < -0.39 is 22.2 Å². The number of carbonyl (C=O) groups excluding carboxylic acids is 1. The number of benzene rings is 1. The first-order chi connectivity index (χ1) is 15.7. The van der Waals surface area contributed by atoms with Crippen LogP contribution in [0.25, 0.3) is 10.9 Å². The summed E-state index contributed by atoms with van der Waals surface area (Å²) in [6, 6.07) is 6.66. The second-order valence-electron chi connectivity index (χ2n) is 7.54. The van der Waals surface area contributed by atoms with Crippen molar-refractivity contribution in [1.82, 2.24) is 24.2 Å². The zero-order chi connectivity index (χ0) is 23.8. The van der Waals surface area contributed by atoms with Crippen molar-refractivity contribution < 1.29 is 13.2 Å². The summed E-state index contributed by atoms with van der Waals surface area (Å²) in [7, 11) is -2.20. The summed E-state index contributed by atoms with van der Waals surface area (Å²) >= 11 is 12.4. The van der Waals surface area contributed by atoms with Crippen LogP contribution < -0.4 is 10.0 Å². The highest BCUT2D eigenvalue weighted by Crippen LogP contribution is 2.32. The van der Waals surface area contributed by atoms with Gasteiger partial charge >= 0.3 is 10.2 Å². The molecule has 1 fully saturated rings. The number of carbonyl (C=O) groups is 1. The van der Waals surface area contributed by atoms with Gasteiger partial charge < -0.3 is 9.88 Å². The number of aromatic nitrogens is 3. The minimum atomic E-state index is -3.93. The summed E-state index contributed by atoms with van der Waals surface area (Å²) in [5, 5.41) is 13.9. The standard InChI is InChI=1S/C20H19Cl2N7O3S/c1-28-16-3-2-14(21)19(22)13(16)8-17(28)20(30)26-15-4-7-29(11-12(15)9-23)33(31,32)27-18-10-24-5-6-25-18/h2-3,5-6,8,10,12,15H,4,7,11H2,1H3,(H,25,27)(H,26,30)/t12-,15+/m0/s1. The molecule has 0 spiro atoms. The average Bonchev–Trinajstić information content (AvgIpc) is 3.14. The highest BCUT2D eigenvalue weighted by atomic mass is 35.5. The molecule has 1 amide bonds. The molecular formula is C20H19Cl2N7O3S. The molecule has 1 aliphatic heterocycles. The molecule has 3 aromatic rings. The Hall–Kier alpha value is -2.91. The van der Waals surface area contributed by atoms with E-state index in [2.05, 4.69) is 26.1 Å². The number of piperidine rings is 1. The minimum absolute atomic E-state index is 0.0758. The molecule has 2 N–H and O–H groups in total. The Morgan fingerprint density at radius 1 is 1.30 bits per heavy atom. The highest BCUT2D eigenvalue weighted by molar-refractivity contribution is 7.90. The fourth-order valence-corrected chi connectivity index (χ4v) is 5.38. The summed E-state index contributed by atoms with van der Waals surface area (Å²) in [6.45, 7) is 0.0445. The van der Waals surface area contributed by atoms with Crippen molar-refractivity contribution in [1.29, 1.82) is 5.26 Å². The van der Waals surface area contributed by atoms with Gasteiger partial charge in [0, 0.05) is 49.5 Å².